The molecule has 0 radical (unpaired) electrons. The van der Waals surface area contributed by atoms with Gasteiger partial charge in [0.15, 0.2) is 4.87 Å². The summed E-state index contributed by atoms with van der Waals surface area (Å²) >= 11 is 1.80. The molecule has 0 saturated carbocycles. The number of rotatable bonds is 3. The van der Waals surface area contributed by atoms with Crippen LogP contribution in [0.25, 0.3) is 0 Å². The summed E-state index contributed by atoms with van der Waals surface area (Å²) in [6.07, 6.45) is -0.435. The fourth-order valence-electron chi connectivity index (χ4n) is 3.10. The molecule has 106 valence electrons. The summed E-state index contributed by atoms with van der Waals surface area (Å²) in [6.45, 7) is 0.799. The summed E-state index contributed by atoms with van der Waals surface area (Å²) in [5, 5.41) is 0. The predicted molar refractivity (Wildman–Crippen MR) is 83.1 cm³/mol. The normalized spacial score (nSPS) is 27.1. The van der Waals surface area contributed by atoms with E-state index in [2.05, 4.69) is 12.1 Å². The topological polar surface area (TPSA) is 29.5 Å². The van der Waals surface area contributed by atoms with E-state index in [1.165, 1.54) is 0 Å². The highest BCUT2D eigenvalue weighted by Crippen LogP contribution is 2.55. The Bertz CT molecular complexity index is 661. The Labute approximate surface area is 127 Å². The first-order chi connectivity index (χ1) is 10.3. The number of β-lactam (4-membered cyclic amide) rings is 1. The standard InChI is InChI=1S/C17H15NO2S/c19-16-15(20-14-9-5-2-6-10-14)17(18(16)11-12-21-17)13-7-3-1-4-8-13/h1-10,15H,11-12H2/t15-,17+/m1/s1. The minimum Gasteiger partial charge on any atom is -0.477 e. The Kier molecular flexibility index (Phi) is 2.93. The van der Waals surface area contributed by atoms with Gasteiger partial charge in [-0.05, 0) is 17.7 Å². The summed E-state index contributed by atoms with van der Waals surface area (Å²) in [6, 6.07) is 19.8. The van der Waals surface area contributed by atoms with E-state index in [-0.39, 0.29) is 10.8 Å². The molecule has 2 aliphatic heterocycles. The van der Waals surface area contributed by atoms with Gasteiger partial charge < -0.3 is 9.64 Å². The number of carbonyl (C=O) groups is 1. The molecule has 2 atom stereocenters. The van der Waals surface area contributed by atoms with Gasteiger partial charge in [-0.1, -0.05) is 48.5 Å². The third-order valence-corrected chi connectivity index (χ3v) is 5.57. The van der Waals surface area contributed by atoms with E-state index in [9.17, 15) is 4.79 Å². The van der Waals surface area contributed by atoms with Crippen molar-refractivity contribution in [1.29, 1.82) is 0 Å². The monoisotopic (exact) mass is 297 g/mol. The first-order valence-electron chi connectivity index (χ1n) is 7.05. The number of ether oxygens (including phenoxy) is 1. The number of hydrogen-bond acceptors (Lipinski definition) is 3. The zero-order chi connectivity index (χ0) is 14.3. The molecule has 0 bridgehead atoms. The molecule has 0 spiro atoms. The van der Waals surface area contributed by atoms with Gasteiger partial charge in [0, 0.05) is 12.3 Å². The fourth-order valence-corrected chi connectivity index (χ4v) is 4.63. The second-order valence-electron chi connectivity index (χ2n) is 5.21. The predicted octanol–water partition coefficient (Wildman–Crippen LogP) is 2.88. The molecule has 0 N–H and O–H groups in total. The molecule has 4 rings (SSSR count). The van der Waals surface area contributed by atoms with Gasteiger partial charge in [-0.15, -0.1) is 11.8 Å². The zero-order valence-corrected chi connectivity index (χ0v) is 12.3. The molecule has 2 aromatic carbocycles. The summed E-state index contributed by atoms with van der Waals surface area (Å²) in [5.41, 5.74) is 1.15. The van der Waals surface area contributed by atoms with E-state index in [1.54, 1.807) is 11.8 Å². The van der Waals surface area contributed by atoms with Crippen LogP contribution in [0.15, 0.2) is 60.7 Å². The molecule has 1 amide bonds. The molecule has 0 unspecified atom stereocenters. The lowest BCUT2D eigenvalue weighted by molar-refractivity contribution is -0.166. The quantitative estimate of drug-likeness (QED) is 0.816. The van der Waals surface area contributed by atoms with Crippen LogP contribution in [0.4, 0.5) is 0 Å². The fraction of sp³-hybridized carbons (Fsp3) is 0.235. The SMILES string of the molecule is O=C1[C@@H](Oc2ccccc2)[C@]2(c3ccccc3)SCCN12. The summed E-state index contributed by atoms with van der Waals surface area (Å²) in [5.74, 6) is 1.79. The second kappa shape index (κ2) is 4.81. The maximum atomic E-state index is 12.4. The first-order valence-corrected chi connectivity index (χ1v) is 8.03. The smallest absolute Gasteiger partial charge is 0.269 e. The van der Waals surface area contributed by atoms with Gasteiger partial charge in [-0.3, -0.25) is 4.79 Å². The van der Waals surface area contributed by atoms with Crippen LogP contribution in [0.2, 0.25) is 0 Å². The third-order valence-electron chi connectivity index (χ3n) is 4.07. The van der Waals surface area contributed by atoms with Crippen molar-refractivity contribution in [3.05, 3.63) is 66.2 Å². The lowest BCUT2D eigenvalue weighted by Crippen LogP contribution is -2.69. The molecule has 2 heterocycles. The van der Waals surface area contributed by atoms with Crippen molar-refractivity contribution < 1.29 is 9.53 Å². The van der Waals surface area contributed by atoms with Gasteiger partial charge >= 0.3 is 0 Å². The third kappa shape index (κ3) is 1.79. The van der Waals surface area contributed by atoms with Crippen LogP contribution in [0.1, 0.15) is 5.56 Å². The maximum Gasteiger partial charge on any atom is 0.269 e. The Balaban J connectivity index is 1.71. The van der Waals surface area contributed by atoms with Crippen LogP contribution in [-0.4, -0.2) is 29.2 Å². The molecule has 4 heteroatoms. The Morgan fingerprint density at radius 1 is 1.05 bits per heavy atom. The van der Waals surface area contributed by atoms with Crippen molar-refractivity contribution in [2.45, 2.75) is 11.0 Å². The van der Waals surface area contributed by atoms with Crippen molar-refractivity contribution in [2.75, 3.05) is 12.3 Å². The number of benzene rings is 2. The van der Waals surface area contributed by atoms with Gasteiger partial charge in [-0.25, -0.2) is 0 Å². The highest BCUT2D eigenvalue weighted by atomic mass is 32.2. The van der Waals surface area contributed by atoms with E-state index >= 15 is 0 Å². The Hall–Kier alpha value is -1.94. The van der Waals surface area contributed by atoms with Crippen LogP contribution in [0.3, 0.4) is 0 Å². The second-order valence-corrected chi connectivity index (χ2v) is 6.53. The summed E-state index contributed by atoms with van der Waals surface area (Å²) < 4.78 is 6.02. The van der Waals surface area contributed by atoms with Crippen LogP contribution < -0.4 is 4.74 Å². The van der Waals surface area contributed by atoms with E-state index in [1.807, 2.05) is 53.4 Å². The number of nitrogens with zero attached hydrogens (tertiary/aromatic N) is 1. The molecule has 2 aliphatic rings. The van der Waals surface area contributed by atoms with Crippen LogP contribution >= 0.6 is 11.8 Å². The van der Waals surface area contributed by atoms with Crippen molar-refractivity contribution in [2.24, 2.45) is 0 Å². The maximum absolute atomic E-state index is 12.4. The summed E-state index contributed by atoms with van der Waals surface area (Å²) in [7, 11) is 0. The van der Waals surface area contributed by atoms with Crippen molar-refractivity contribution in [1.82, 2.24) is 4.90 Å². The summed E-state index contributed by atoms with van der Waals surface area (Å²) in [4.78, 5) is 14.0. The van der Waals surface area contributed by atoms with E-state index in [0.717, 1.165) is 23.6 Å². The molecule has 2 aromatic rings. The highest BCUT2D eigenvalue weighted by molar-refractivity contribution is 8.00. The molecule has 2 fully saturated rings. The van der Waals surface area contributed by atoms with Crippen molar-refractivity contribution in [3.8, 4) is 5.75 Å². The lowest BCUT2D eigenvalue weighted by Gasteiger charge is -2.52. The van der Waals surface area contributed by atoms with Gasteiger partial charge in [0.05, 0.1) is 0 Å². The van der Waals surface area contributed by atoms with E-state index < -0.39 is 6.10 Å². The number of fused-ring (bicyclic) bond motifs is 1. The molecule has 0 aliphatic carbocycles. The largest absolute Gasteiger partial charge is 0.477 e. The van der Waals surface area contributed by atoms with Crippen LogP contribution in [0, 0.1) is 0 Å². The average Bonchev–Trinajstić information content (AvgIpc) is 2.95. The van der Waals surface area contributed by atoms with E-state index in [4.69, 9.17) is 4.74 Å². The molecular weight excluding hydrogens is 282 g/mol. The van der Waals surface area contributed by atoms with Gasteiger partial charge in [0.2, 0.25) is 6.10 Å². The lowest BCUT2D eigenvalue weighted by atomic mass is 9.89. The minimum atomic E-state index is -0.435. The highest BCUT2D eigenvalue weighted by Gasteiger charge is 2.66. The van der Waals surface area contributed by atoms with Crippen LogP contribution in [0.5, 0.6) is 5.75 Å². The first kappa shape index (κ1) is 12.8. The number of hydrogen-bond donors (Lipinski definition) is 0. The number of para-hydroxylation sites is 1. The van der Waals surface area contributed by atoms with Gasteiger partial charge in [-0.2, -0.15) is 0 Å². The average molecular weight is 297 g/mol. The number of amides is 1. The molecule has 2 saturated heterocycles. The minimum absolute atomic E-state index is 0.0905. The Morgan fingerprint density at radius 3 is 2.43 bits per heavy atom. The molecular formula is C17H15NO2S. The zero-order valence-electron chi connectivity index (χ0n) is 11.4. The molecule has 3 nitrogen and oxygen atoms in total. The van der Waals surface area contributed by atoms with E-state index in [0.29, 0.717) is 0 Å². The molecule has 21 heavy (non-hydrogen) atoms. The van der Waals surface area contributed by atoms with Crippen LogP contribution in [-0.2, 0) is 9.67 Å². The van der Waals surface area contributed by atoms with Gasteiger partial charge in [0.1, 0.15) is 5.75 Å². The van der Waals surface area contributed by atoms with Gasteiger partial charge in [0.25, 0.3) is 5.91 Å². The Morgan fingerprint density at radius 2 is 1.71 bits per heavy atom. The number of carbonyl (C=O) groups excluding carboxylic acids is 1. The molecule has 0 aromatic heterocycles. The number of thioether (sulfide) groups is 1. The van der Waals surface area contributed by atoms with Crippen molar-refractivity contribution >= 4 is 17.7 Å². The van der Waals surface area contributed by atoms with Crippen molar-refractivity contribution in [3.63, 3.8) is 0 Å².